The minimum atomic E-state index is -0.482. The molecule has 1 amide bonds. The monoisotopic (exact) mass is 382 g/mol. The normalized spacial score (nSPS) is 12.0. The minimum absolute atomic E-state index is 0.0594. The standard InChI is InChI=1S/C20H15ClN2O4/c21-14-5-3-13(4-6-14)11-23-9-1-2-16(20(23)25)19(24)22-15-7-8-17-18(10-15)27-12-26-17/h1-10H,11-12H2,(H,22,24). The zero-order valence-electron chi connectivity index (χ0n) is 14.1. The number of aromatic nitrogens is 1. The summed E-state index contributed by atoms with van der Waals surface area (Å²) in [4.78, 5) is 25.3. The maximum atomic E-state index is 12.7. The van der Waals surface area contributed by atoms with Crippen molar-refractivity contribution in [2.24, 2.45) is 0 Å². The van der Waals surface area contributed by atoms with Crippen molar-refractivity contribution in [2.45, 2.75) is 6.54 Å². The molecule has 2 heterocycles. The Morgan fingerprint density at radius 2 is 1.85 bits per heavy atom. The van der Waals surface area contributed by atoms with Crippen molar-refractivity contribution in [3.05, 3.63) is 87.3 Å². The molecule has 1 aliphatic heterocycles. The first kappa shape index (κ1) is 17.2. The molecule has 3 aromatic rings. The summed E-state index contributed by atoms with van der Waals surface area (Å²) in [5.41, 5.74) is 1.13. The van der Waals surface area contributed by atoms with Crippen molar-refractivity contribution >= 4 is 23.2 Å². The van der Waals surface area contributed by atoms with E-state index in [4.69, 9.17) is 21.1 Å². The van der Waals surface area contributed by atoms with E-state index in [2.05, 4.69) is 5.32 Å². The Morgan fingerprint density at radius 1 is 1.07 bits per heavy atom. The van der Waals surface area contributed by atoms with Crippen LogP contribution in [0, 0.1) is 0 Å². The highest BCUT2D eigenvalue weighted by Gasteiger charge is 2.16. The van der Waals surface area contributed by atoms with Crippen LogP contribution in [0.25, 0.3) is 0 Å². The van der Waals surface area contributed by atoms with E-state index in [1.165, 1.54) is 10.6 Å². The van der Waals surface area contributed by atoms with Crippen LogP contribution in [0.5, 0.6) is 11.5 Å². The molecule has 7 heteroatoms. The van der Waals surface area contributed by atoms with Gasteiger partial charge >= 0.3 is 0 Å². The van der Waals surface area contributed by atoms with Crippen LogP contribution in [0.1, 0.15) is 15.9 Å². The summed E-state index contributed by atoms with van der Waals surface area (Å²) in [6, 6.07) is 15.4. The topological polar surface area (TPSA) is 69.6 Å². The molecule has 0 saturated heterocycles. The summed E-state index contributed by atoms with van der Waals surface area (Å²) in [6.45, 7) is 0.502. The third-order valence-corrected chi connectivity index (χ3v) is 4.41. The maximum absolute atomic E-state index is 12.7. The highest BCUT2D eigenvalue weighted by molar-refractivity contribution is 6.30. The lowest BCUT2D eigenvalue weighted by atomic mass is 10.2. The molecule has 1 aliphatic rings. The Hall–Kier alpha value is -3.25. The average Bonchev–Trinajstić information content (AvgIpc) is 3.13. The lowest BCUT2D eigenvalue weighted by Crippen LogP contribution is -2.29. The number of ether oxygens (including phenoxy) is 2. The molecule has 136 valence electrons. The van der Waals surface area contributed by atoms with Crippen LogP contribution in [-0.4, -0.2) is 17.3 Å². The maximum Gasteiger partial charge on any atom is 0.263 e. The molecular weight excluding hydrogens is 368 g/mol. The summed E-state index contributed by atoms with van der Waals surface area (Å²) in [5.74, 6) is 0.698. The fraction of sp³-hybridized carbons (Fsp3) is 0.100. The van der Waals surface area contributed by atoms with E-state index < -0.39 is 5.91 Å². The number of carbonyl (C=O) groups is 1. The lowest BCUT2D eigenvalue weighted by molar-refractivity contribution is 0.102. The van der Waals surface area contributed by atoms with Crippen LogP contribution in [-0.2, 0) is 6.54 Å². The zero-order chi connectivity index (χ0) is 18.8. The molecule has 0 spiro atoms. The van der Waals surface area contributed by atoms with Crippen molar-refractivity contribution < 1.29 is 14.3 Å². The van der Waals surface area contributed by atoms with Crippen LogP contribution in [0.3, 0.4) is 0 Å². The highest BCUT2D eigenvalue weighted by atomic mass is 35.5. The van der Waals surface area contributed by atoms with E-state index in [1.807, 2.05) is 12.1 Å². The van der Waals surface area contributed by atoms with Crippen molar-refractivity contribution in [3.63, 3.8) is 0 Å². The number of rotatable bonds is 4. The van der Waals surface area contributed by atoms with Gasteiger partial charge in [-0.2, -0.15) is 0 Å². The second-order valence-electron chi connectivity index (χ2n) is 6.00. The van der Waals surface area contributed by atoms with E-state index in [0.29, 0.717) is 28.8 Å². The van der Waals surface area contributed by atoms with Gasteiger partial charge in [-0.25, -0.2) is 0 Å². The van der Waals surface area contributed by atoms with Crippen molar-refractivity contribution in [1.82, 2.24) is 4.57 Å². The van der Waals surface area contributed by atoms with E-state index in [1.54, 1.807) is 42.6 Å². The third-order valence-electron chi connectivity index (χ3n) is 4.16. The van der Waals surface area contributed by atoms with Gasteiger partial charge in [-0.3, -0.25) is 9.59 Å². The quantitative estimate of drug-likeness (QED) is 0.749. The lowest BCUT2D eigenvalue weighted by Gasteiger charge is -2.09. The number of hydrogen-bond acceptors (Lipinski definition) is 4. The van der Waals surface area contributed by atoms with Gasteiger partial charge in [-0.15, -0.1) is 0 Å². The van der Waals surface area contributed by atoms with Gasteiger partial charge in [-0.1, -0.05) is 23.7 Å². The van der Waals surface area contributed by atoms with E-state index in [9.17, 15) is 9.59 Å². The minimum Gasteiger partial charge on any atom is -0.454 e. The fourth-order valence-corrected chi connectivity index (χ4v) is 2.92. The molecule has 1 aromatic heterocycles. The predicted octanol–water partition coefficient (Wildman–Crippen LogP) is 3.53. The molecule has 27 heavy (non-hydrogen) atoms. The Bertz CT molecular complexity index is 1060. The Balaban J connectivity index is 1.55. The summed E-state index contributed by atoms with van der Waals surface area (Å²) in [6.07, 6.45) is 1.65. The molecule has 0 bridgehead atoms. The predicted molar refractivity (Wildman–Crippen MR) is 102 cm³/mol. The van der Waals surface area contributed by atoms with Crippen LogP contribution in [0.4, 0.5) is 5.69 Å². The number of hydrogen-bond donors (Lipinski definition) is 1. The number of halogens is 1. The first-order valence-corrected chi connectivity index (χ1v) is 8.63. The van der Waals surface area contributed by atoms with Gasteiger partial charge < -0.3 is 19.4 Å². The van der Waals surface area contributed by atoms with Crippen molar-refractivity contribution in [3.8, 4) is 11.5 Å². The van der Waals surface area contributed by atoms with E-state index >= 15 is 0 Å². The van der Waals surface area contributed by atoms with Crippen LogP contribution in [0.2, 0.25) is 5.02 Å². The number of pyridine rings is 1. The van der Waals surface area contributed by atoms with Gasteiger partial charge in [0.05, 0.1) is 6.54 Å². The largest absolute Gasteiger partial charge is 0.454 e. The van der Waals surface area contributed by atoms with Crippen LogP contribution < -0.4 is 20.3 Å². The molecule has 0 aliphatic carbocycles. The summed E-state index contributed by atoms with van der Waals surface area (Å²) >= 11 is 5.89. The molecule has 1 N–H and O–H groups in total. The number of nitrogens with one attached hydrogen (secondary N) is 1. The number of benzene rings is 2. The molecule has 0 atom stereocenters. The summed E-state index contributed by atoms with van der Waals surface area (Å²) in [5, 5.41) is 3.35. The number of amides is 1. The molecule has 6 nitrogen and oxygen atoms in total. The number of fused-ring (bicyclic) bond motifs is 1. The van der Waals surface area contributed by atoms with Crippen molar-refractivity contribution in [2.75, 3.05) is 12.1 Å². The summed E-state index contributed by atoms with van der Waals surface area (Å²) < 4.78 is 12.0. The third kappa shape index (κ3) is 3.66. The highest BCUT2D eigenvalue weighted by Crippen LogP contribution is 2.34. The van der Waals surface area contributed by atoms with Gasteiger partial charge in [-0.05, 0) is 42.0 Å². The van der Waals surface area contributed by atoms with Gasteiger partial charge in [0.2, 0.25) is 6.79 Å². The first-order chi connectivity index (χ1) is 13.1. The second kappa shape index (κ2) is 7.17. The SMILES string of the molecule is O=C(Nc1ccc2c(c1)OCO2)c1cccn(Cc2ccc(Cl)cc2)c1=O. The van der Waals surface area contributed by atoms with Crippen molar-refractivity contribution in [1.29, 1.82) is 0 Å². The van der Waals surface area contributed by atoms with Crippen LogP contribution in [0.15, 0.2) is 65.6 Å². The molecule has 0 fully saturated rings. The van der Waals surface area contributed by atoms with Gasteiger partial charge in [0.25, 0.3) is 11.5 Å². The molecule has 4 rings (SSSR count). The average molecular weight is 383 g/mol. The zero-order valence-corrected chi connectivity index (χ0v) is 14.9. The molecular formula is C20H15ClN2O4. The van der Waals surface area contributed by atoms with Gasteiger partial charge in [0, 0.05) is 23.0 Å². The first-order valence-electron chi connectivity index (χ1n) is 8.25. The summed E-state index contributed by atoms with van der Waals surface area (Å²) in [7, 11) is 0. The molecule has 0 unspecified atom stereocenters. The number of carbonyl (C=O) groups excluding carboxylic acids is 1. The van der Waals surface area contributed by atoms with Gasteiger partial charge in [0.1, 0.15) is 5.56 Å². The Kier molecular flexibility index (Phi) is 4.56. The molecule has 0 radical (unpaired) electrons. The Morgan fingerprint density at radius 3 is 2.67 bits per heavy atom. The van der Waals surface area contributed by atoms with Crippen LogP contribution >= 0.6 is 11.6 Å². The van der Waals surface area contributed by atoms with E-state index in [0.717, 1.165) is 5.56 Å². The number of nitrogens with zero attached hydrogens (tertiary/aromatic N) is 1. The number of anilines is 1. The van der Waals surface area contributed by atoms with E-state index in [-0.39, 0.29) is 17.9 Å². The smallest absolute Gasteiger partial charge is 0.263 e. The molecule has 2 aromatic carbocycles. The van der Waals surface area contributed by atoms with Gasteiger partial charge in [0.15, 0.2) is 11.5 Å². The molecule has 0 saturated carbocycles. The fourth-order valence-electron chi connectivity index (χ4n) is 2.79. The second-order valence-corrected chi connectivity index (χ2v) is 6.44. The Labute approximate surface area is 159 Å².